The monoisotopic (exact) mass is 547 g/mol. The molecule has 1 amide bonds. The zero-order valence-corrected chi connectivity index (χ0v) is 19.9. The molecule has 3 aromatic carbocycles. The van der Waals surface area contributed by atoms with Gasteiger partial charge in [-0.15, -0.1) is 0 Å². The first kappa shape index (κ1) is 22.8. The van der Waals surface area contributed by atoms with E-state index in [1.165, 1.54) is 0 Å². The van der Waals surface area contributed by atoms with Gasteiger partial charge in [0, 0.05) is 9.13 Å². The van der Waals surface area contributed by atoms with E-state index in [2.05, 4.69) is 32.9 Å². The van der Waals surface area contributed by atoms with E-state index in [-0.39, 0.29) is 18.9 Å². The topological polar surface area (TPSA) is 75.1 Å². The van der Waals surface area contributed by atoms with Crippen LogP contribution in [0.5, 0.6) is 0 Å². The fourth-order valence-corrected chi connectivity index (χ4v) is 3.60. The molecule has 0 aliphatic rings. The summed E-state index contributed by atoms with van der Waals surface area (Å²) in [7, 11) is 0. The minimum absolute atomic E-state index is 0.0114. The standard InChI is InChI=1S/C27H22IN3O2/c28-23-13-8-20(9-14-23)16-26(33)31-27-24(15-10-19-4-2-1-3-5-19)30-25(17-29-27)22-11-6-21(18-32)7-12-22/h1-15,17,32H,16,18H2,(H,29,31,33)/b15-10+. The van der Waals surface area contributed by atoms with Crippen LogP contribution >= 0.6 is 22.6 Å². The fraction of sp³-hybridized carbons (Fsp3) is 0.0741. The van der Waals surface area contributed by atoms with E-state index in [4.69, 9.17) is 4.98 Å². The van der Waals surface area contributed by atoms with E-state index < -0.39 is 0 Å². The summed E-state index contributed by atoms with van der Waals surface area (Å²) in [6, 6.07) is 25.2. The lowest BCUT2D eigenvalue weighted by molar-refractivity contribution is -0.115. The third-order valence-corrected chi connectivity index (χ3v) is 5.72. The molecule has 1 aromatic heterocycles. The van der Waals surface area contributed by atoms with Crippen LogP contribution in [0.3, 0.4) is 0 Å². The largest absolute Gasteiger partial charge is 0.392 e. The predicted octanol–water partition coefficient (Wildman–Crippen LogP) is 5.59. The van der Waals surface area contributed by atoms with E-state index >= 15 is 0 Å². The quantitative estimate of drug-likeness (QED) is 0.296. The average molecular weight is 547 g/mol. The molecular formula is C27H22IN3O2. The molecule has 0 radical (unpaired) electrons. The van der Waals surface area contributed by atoms with E-state index in [1.54, 1.807) is 6.20 Å². The number of benzene rings is 3. The van der Waals surface area contributed by atoms with Crippen molar-refractivity contribution >= 4 is 46.5 Å². The molecule has 0 aliphatic heterocycles. The van der Waals surface area contributed by atoms with Gasteiger partial charge in [-0.2, -0.15) is 0 Å². The predicted molar refractivity (Wildman–Crippen MR) is 140 cm³/mol. The number of carbonyl (C=O) groups excluding carboxylic acids is 1. The molecule has 0 unspecified atom stereocenters. The van der Waals surface area contributed by atoms with Gasteiger partial charge < -0.3 is 10.4 Å². The summed E-state index contributed by atoms with van der Waals surface area (Å²) >= 11 is 2.24. The minimum Gasteiger partial charge on any atom is -0.392 e. The van der Waals surface area contributed by atoms with Gasteiger partial charge in [-0.3, -0.25) is 4.79 Å². The molecule has 0 saturated heterocycles. The van der Waals surface area contributed by atoms with Gasteiger partial charge in [0.1, 0.15) is 5.69 Å². The Morgan fingerprint density at radius 3 is 2.30 bits per heavy atom. The number of aromatic nitrogens is 2. The first-order chi connectivity index (χ1) is 16.1. The number of anilines is 1. The summed E-state index contributed by atoms with van der Waals surface area (Å²) in [6.07, 6.45) is 5.70. The highest BCUT2D eigenvalue weighted by molar-refractivity contribution is 14.1. The Morgan fingerprint density at radius 2 is 1.61 bits per heavy atom. The van der Waals surface area contributed by atoms with Gasteiger partial charge in [0.15, 0.2) is 5.82 Å². The maximum absolute atomic E-state index is 12.7. The molecule has 33 heavy (non-hydrogen) atoms. The maximum atomic E-state index is 12.7. The Hall–Kier alpha value is -3.36. The fourth-order valence-electron chi connectivity index (χ4n) is 3.24. The van der Waals surface area contributed by atoms with Crippen LogP contribution in [0, 0.1) is 3.57 Å². The van der Waals surface area contributed by atoms with Crippen LogP contribution in [0.25, 0.3) is 23.4 Å². The number of hydrogen-bond acceptors (Lipinski definition) is 4. The number of hydrogen-bond donors (Lipinski definition) is 2. The lowest BCUT2D eigenvalue weighted by Crippen LogP contribution is -2.16. The third kappa shape index (κ3) is 6.34. The molecule has 4 rings (SSSR count). The van der Waals surface area contributed by atoms with Crippen molar-refractivity contribution in [3.8, 4) is 11.3 Å². The third-order valence-electron chi connectivity index (χ3n) is 5.00. The molecule has 0 fully saturated rings. The molecule has 0 spiro atoms. The zero-order valence-electron chi connectivity index (χ0n) is 17.8. The second-order valence-corrected chi connectivity index (χ2v) is 8.69. The summed E-state index contributed by atoms with van der Waals surface area (Å²) in [4.78, 5) is 22.0. The number of carbonyl (C=O) groups is 1. The van der Waals surface area contributed by atoms with Crippen LogP contribution < -0.4 is 5.32 Å². The van der Waals surface area contributed by atoms with E-state index in [1.807, 2.05) is 91.0 Å². The highest BCUT2D eigenvalue weighted by atomic mass is 127. The van der Waals surface area contributed by atoms with Crippen LogP contribution in [-0.4, -0.2) is 21.0 Å². The minimum atomic E-state index is -0.153. The molecule has 0 atom stereocenters. The van der Waals surface area contributed by atoms with Crippen LogP contribution in [0.1, 0.15) is 22.4 Å². The van der Waals surface area contributed by atoms with Gasteiger partial charge in [0.2, 0.25) is 5.91 Å². The van der Waals surface area contributed by atoms with Crippen LogP contribution in [0.4, 0.5) is 5.82 Å². The van der Waals surface area contributed by atoms with Crippen molar-refractivity contribution in [2.24, 2.45) is 0 Å². The van der Waals surface area contributed by atoms with Gasteiger partial charge in [0.05, 0.1) is 24.9 Å². The average Bonchev–Trinajstić information content (AvgIpc) is 2.85. The number of nitrogens with one attached hydrogen (secondary N) is 1. The van der Waals surface area contributed by atoms with E-state index in [0.717, 1.165) is 25.8 Å². The molecule has 5 nitrogen and oxygen atoms in total. The molecule has 1 heterocycles. The first-order valence-corrected chi connectivity index (χ1v) is 11.5. The van der Waals surface area contributed by atoms with E-state index in [9.17, 15) is 9.90 Å². The number of aliphatic hydroxyl groups excluding tert-OH is 1. The summed E-state index contributed by atoms with van der Waals surface area (Å²) in [6.45, 7) is -0.0114. The number of aliphatic hydroxyl groups is 1. The highest BCUT2D eigenvalue weighted by Gasteiger charge is 2.11. The van der Waals surface area contributed by atoms with Crippen LogP contribution in [0.15, 0.2) is 85.1 Å². The van der Waals surface area contributed by atoms with Gasteiger partial charge in [-0.05, 0) is 57.5 Å². The lowest BCUT2D eigenvalue weighted by Gasteiger charge is -2.10. The van der Waals surface area contributed by atoms with Crippen LogP contribution in [0.2, 0.25) is 0 Å². The first-order valence-electron chi connectivity index (χ1n) is 10.5. The molecule has 0 bridgehead atoms. The van der Waals surface area contributed by atoms with E-state index in [0.29, 0.717) is 17.2 Å². The van der Waals surface area contributed by atoms with Gasteiger partial charge in [0.25, 0.3) is 0 Å². The van der Waals surface area contributed by atoms with Crippen LogP contribution in [-0.2, 0) is 17.8 Å². The molecule has 6 heteroatoms. The Kier molecular flexibility index (Phi) is 7.59. The van der Waals surface area contributed by atoms with Crippen molar-refractivity contribution in [1.29, 1.82) is 0 Å². The Balaban J connectivity index is 1.61. The molecule has 2 N–H and O–H groups in total. The van der Waals surface area contributed by atoms with Crippen molar-refractivity contribution in [3.63, 3.8) is 0 Å². The maximum Gasteiger partial charge on any atom is 0.230 e. The molecular weight excluding hydrogens is 525 g/mol. The highest BCUT2D eigenvalue weighted by Crippen LogP contribution is 2.22. The Bertz CT molecular complexity index is 1260. The second-order valence-electron chi connectivity index (χ2n) is 7.44. The number of rotatable bonds is 7. The van der Waals surface area contributed by atoms with Crippen molar-refractivity contribution in [3.05, 3.63) is 111 Å². The van der Waals surface area contributed by atoms with Crippen molar-refractivity contribution in [2.75, 3.05) is 5.32 Å². The number of amides is 1. The summed E-state index contributed by atoms with van der Waals surface area (Å²) in [5, 5.41) is 12.2. The van der Waals surface area contributed by atoms with Gasteiger partial charge in [-0.25, -0.2) is 9.97 Å². The van der Waals surface area contributed by atoms with Crippen molar-refractivity contribution in [2.45, 2.75) is 13.0 Å². The Labute approximate surface area is 206 Å². The smallest absolute Gasteiger partial charge is 0.230 e. The SMILES string of the molecule is O=C(Cc1ccc(I)cc1)Nc1ncc(-c2ccc(CO)cc2)nc1/C=C/c1ccccc1. The summed E-state index contributed by atoms with van der Waals surface area (Å²) < 4.78 is 1.12. The Morgan fingerprint density at radius 1 is 0.909 bits per heavy atom. The van der Waals surface area contributed by atoms with Crippen molar-refractivity contribution in [1.82, 2.24) is 9.97 Å². The summed E-state index contributed by atoms with van der Waals surface area (Å²) in [5.74, 6) is 0.258. The molecule has 164 valence electrons. The normalized spacial score (nSPS) is 11.0. The molecule has 0 aliphatic carbocycles. The number of nitrogens with zero attached hydrogens (tertiary/aromatic N) is 2. The second kappa shape index (κ2) is 11.0. The summed E-state index contributed by atoms with van der Waals surface area (Å²) in [5.41, 5.74) is 4.92. The van der Waals surface area contributed by atoms with Gasteiger partial charge >= 0.3 is 0 Å². The zero-order chi connectivity index (χ0) is 23.0. The van der Waals surface area contributed by atoms with Crippen molar-refractivity contribution < 1.29 is 9.90 Å². The number of halogens is 1. The van der Waals surface area contributed by atoms with Gasteiger partial charge in [-0.1, -0.05) is 72.8 Å². The molecule has 0 saturated carbocycles. The molecule has 4 aromatic rings. The lowest BCUT2D eigenvalue weighted by atomic mass is 10.1.